The molecule has 1 aromatic heterocycles. The van der Waals surface area contributed by atoms with E-state index in [2.05, 4.69) is 0 Å². The largest absolute Gasteiger partial charge is 0.494 e. The molecule has 1 aromatic carbocycles. The number of nitrogens with zero attached hydrogens (tertiary/aromatic N) is 1. The standard InChI is InChI=1S/C12H11FN2O3/c1-6-3-4-8(13)9(5-6)15-11(17)7(2)10(16)14-12(15)18/h3-5,17H,1-2H3,(H,14,16,18). The van der Waals surface area contributed by atoms with Gasteiger partial charge in [-0.3, -0.25) is 9.78 Å². The van der Waals surface area contributed by atoms with E-state index < -0.39 is 22.9 Å². The van der Waals surface area contributed by atoms with Crippen molar-refractivity contribution in [2.24, 2.45) is 0 Å². The van der Waals surface area contributed by atoms with Gasteiger partial charge in [0.25, 0.3) is 5.56 Å². The van der Waals surface area contributed by atoms with E-state index >= 15 is 0 Å². The van der Waals surface area contributed by atoms with Gasteiger partial charge in [0.15, 0.2) is 0 Å². The molecule has 6 heteroatoms. The van der Waals surface area contributed by atoms with Gasteiger partial charge in [-0.1, -0.05) is 6.07 Å². The zero-order chi connectivity index (χ0) is 13.4. The molecule has 0 bridgehead atoms. The second kappa shape index (κ2) is 4.14. The molecule has 5 nitrogen and oxygen atoms in total. The van der Waals surface area contributed by atoms with Gasteiger partial charge in [-0.05, 0) is 31.5 Å². The van der Waals surface area contributed by atoms with Gasteiger partial charge in [0.1, 0.15) is 5.82 Å². The van der Waals surface area contributed by atoms with Crippen LogP contribution in [0.4, 0.5) is 4.39 Å². The predicted octanol–water partition coefficient (Wildman–Crippen LogP) is 0.987. The van der Waals surface area contributed by atoms with Crippen LogP contribution in [-0.2, 0) is 0 Å². The molecule has 0 saturated heterocycles. The van der Waals surface area contributed by atoms with Gasteiger partial charge >= 0.3 is 5.69 Å². The second-order valence-electron chi connectivity index (χ2n) is 4.00. The van der Waals surface area contributed by atoms with Crippen molar-refractivity contribution in [1.29, 1.82) is 0 Å². The minimum atomic E-state index is -0.882. The summed E-state index contributed by atoms with van der Waals surface area (Å²) in [6, 6.07) is 4.14. The zero-order valence-corrected chi connectivity index (χ0v) is 9.82. The van der Waals surface area contributed by atoms with E-state index in [4.69, 9.17) is 0 Å². The highest BCUT2D eigenvalue weighted by atomic mass is 19.1. The highest BCUT2D eigenvalue weighted by Gasteiger charge is 2.15. The van der Waals surface area contributed by atoms with Crippen molar-refractivity contribution < 1.29 is 9.50 Å². The van der Waals surface area contributed by atoms with Gasteiger partial charge in [0, 0.05) is 0 Å². The summed E-state index contributed by atoms with van der Waals surface area (Å²) in [6.07, 6.45) is 0. The highest BCUT2D eigenvalue weighted by molar-refractivity contribution is 5.41. The maximum Gasteiger partial charge on any atom is 0.335 e. The molecule has 2 aromatic rings. The molecule has 0 radical (unpaired) electrons. The number of hydrogen-bond acceptors (Lipinski definition) is 3. The fraction of sp³-hybridized carbons (Fsp3) is 0.167. The molecule has 1 heterocycles. The number of aryl methyl sites for hydroxylation is 1. The number of aromatic amines is 1. The molecule has 0 fully saturated rings. The quantitative estimate of drug-likeness (QED) is 0.792. The molecule has 0 saturated carbocycles. The van der Waals surface area contributed by atoms with Crippen LogP contribution < -0.4 is 11.2 Å². The van der Waals surface area contributed by atoms with E-state index in [0.29, 0.717) is 0 Å². The fourth-order valence-corrected chi connectivity index (χ4v) is 1.63. The zero-order valence-electron chi connectivity index (χ0n) is 9.82. The summed E-state index contributed by atoms with van der Waals surface area (Å²) in [6.45, 7) is 3.07. The number of rotatable bonds is 1. The molecule has 0 atom stereocenters. The summed E-state index contributed by atoms with van der Waals surface area (Å²) in [5, 5.41) is 9.80. The first kappa shape index (κ1) is 12.1. The molecule has 0 spiro atoms. The number of H-pyrrole nitrogens is 1. The minimum Gasteiger partial charge on any atom is -0.494 e. The summed E-state index contributed by atoms with van der Waals surface area (Å²) in [7, 11) is 0. The Balaban J connectivity index is 2.88. The maximum atomic E-state index is 13.7. The Kier molecular flexibility index (Phi) is 2.78. The average molecular weight is 250 g/mol. The Morgan fingerprint density at radius 1 is 1.28 bits per heavy atom. The van der Waals surface area contributed by atoms with Crippen LogP contribution in [0.15, 0.2) is 27.8 Å². The van der Waals surface area contributed by atoms with E-state index in [1.54, 1.807) is 13.0 Å². The molecule has 0 amide bonds. The Hall–Kier alpha value is -2.37. The van der Waals surface area contributed by atoms with Crippen molar-refractivity contribution in [2.45, 2.75) is 13.8 Å². The monoisotopic (exact) mass is 250 g/mol. The summed E-state index contributed by atoms with van der Waals surface area (Å²) in [5.74, 6) is -1.22. The lowest BCUT2D eigenvalue weighted by molar-refractivity contribution is 0.423. The number of nitrogens with one attached hydrogen (secondary N) is 1. The Morgan fingerprint density at radius 2 is 1.94 bits per heavy atom. The van der Waals surface area contributed by atoms with Crippen molar-refractivity contribution in [3.05, 3.63) is 56.0 Å². The smallest absolute Gasteiger partial charge is 0.335 e. The Morgan fingerprint density at radius 3 is 2.61 bits per heavy atom. The lowest BCUT2D eigenvalue weighted by atomic mass is 10.2. The molecule has 94 valence electrons. The van der Waals surface area contributed by atoms with Gasteiger partial charge in [-0.25, -0.2) is 13.8 Å². The summed E-state index contributed by atoms with van der Waals surface area (Å²) in [4.78, 5) is 24.9. The third-order valence-corrected chi connectivity index (χ3v) is 2.65. The molecule has 0 aliphatic heterocycles. The first-order chi connectivity index (χ1) is 8.41. The van der Waals surface area contributed by atoms with Crippen LogP contribution >= 0.6 is 0 Å². The number of aromatic hydroxyl groups is 1. The first-order valence-electron chi connectivity index (χ1n) is 5.23. The SMILES string of the molecule is Cc1ccc(F)c(-n2c(O)c(C)c(=O)[nH]c2=O)c1. The molecular formula is C12H11FN2O3. The summed E-state index contributed by atoms with van der Waals surface area (Å²) < 4.78 is 14.4. The molecule has 18 heavy (non-hydrogen) atoms. The van der Waals surface area contributed by atoms with Crippen molar-refractivity contribution >= 4 is 0 Å². The van der Waals surface area contributed by atoms with Crippen LogP contribution in [0.25, 0.3) is 5.69 Å². The highest BCUT2D eigenvalue weighted by Crippen LogP contribution is 2.19. The van der Waals surface area contributed by atoms with Gasteiger partial charge in [0.2, 0.25) is 5.88 Å². The van der Waals surface area contributed by atoms with E-state index in [0.717, 1.165) is 10.1 Å². The van der Waals surface area contributed by atoms with Crippen LogP contribution in [-0.4, -0.2) is 14.7 Å². The Bertz CT molecular complexity index is 731. The number of halogens is 1. The van der Waals surface area contributed by atoms with E-state index in [-0.39, 0.29) is 11.3 Å². The third kappa shape index (κ3) is 1.81. The number of aromatic nitrogens is 2. The van der Waals surface area contributed by atoms with Crippen molar-refractivity contribution in [1.82, 2.24) is 9.55 Å². The van der Waals surface area contributed by atoms with E-state index in [9.17, 15) is 19.1 Å². The first-order valence-corrected chi connectivity index (χ1v) is 5.23. The maximum absolute atomic E-state index is 13.7. The number of benzene rings is 1. The summed E-state index contributed by atoms with van der Waals surface area (Å²) >= 11 is 0. The molecule has 2 N–H and O–H groups in total. The topological polar surface area (TPSA) is 75.1 Å². The van der Waals surface area contributed by atoms with Crippen LogP contribution in [0.2, 0.25) is 0 Å². The van der Waals surface area contributed by atoms with Gasteiger partial charge < -0.3 is 5.11 Å². The van der Waals surface area contributed by atoms with E-state index in [1.807, 2.05) is 4.98 Å². The summed E-state index contributed by atoms with van der Waals surface area (Å²) in [5.41, 5.74) is -0.997. The minimum absolute atomic E-state index is 0.0458. The third-order valence-electron chi connectivity index (χ3n) is 2.65. The van der Waals surface area contributed by atoms with Crippen LogP contribution in [0.3, 0.4) is 0 Å². The fourth-order valence-electron chi connectivity index (χ4n) is 1.63. The molecule has 2 rings (SSSR count). The van der Waals surface area contributed by atoms with Crippen LogP contribution in [0.1, 0.15) is 11.1 Å². The van der Waals surface area contributed by atoms with Gasteiger partial charge in [-0.15, -0.1) is 0 Å². The lowest BCUT2D eigenvalue weighted by Gasteiger charge is -2.10. The normalized spacial score (nSPS) is 10.6. The molecule has 0 aliphatic carbocycles. The number of hydrogen-bond donors (Lipinski definition) is 2. The van der Waals surface area contributed by atoms with Crippen LogP contribution in [0, 0.1) is 19.7 Å². The predicted molar refractivity (Wildman–Crippen MR) is 63.8 cm³/mol. The lowest BCUT2D eigenvalue weighted by Crippen LogP contribution is -2.30. The molecule has 0 aliphatic rings. The van der Waals surface area contributed by atoms with Crippen LogP contribution in [0.5, 0.6) is 5.88 Å². The van der Waals surface area contributed by atoms with Crippen molar-refractivity contribution in [3.8, 4) is 11.6 Å². The Labute approximate surface area is 101 Å². The second-order valence-corrected chi connectivity index (χ2v) is 4.00. The van der Waals surface area contributed by atoms with Gasteiger partial charge in [-0.2, -0.15) is 0 Å². The van der Waals surface area contributed by atoms with Crippen molar-refractivity contribution in [2.75, 3.05) is 0 Å². The molecular weight excluding hydrogens is 239 g/mol. The average Bonchev–Trinajstić information content (AvgIpc) is 2.31. The van der Waals surface area contributed by atoms with E-state index in [1.165, 1.54) is 19.1 Å². The molecule has 0 unspecified atom stereocenters. The van der Waals surface area contributed by atoms with Gasteiger partial charge in [0.05, 0.1) is 11.3 Å². The van der Waals surface area contributed by atoms with Crippen molar-refractivity contribution in [3.63, 3.8) is 0 Å².